The Labute approximate surface area is 124 Å². The lowest BCUT2D eigenvalue weighted by Gasteiger charge is -2.26. The van der Waals surface area contributed by atoms with Crippen molar-refractivity contribution in [1.82, 2.24) is 14.5 Å². The molecule has 0 bridgehead atoms. The van der Waals surface area contributed by atoms with Gasteiger partial charge in [0.25, 0.3) is 0 Å². The van der Waals surface area contributed by atoms with E-state index < -0.39 is 0 Å². The maximum atomic E-state index is 11.8. The molecule has 110 valence electrons. The Morgan fingerprint density at radius 2 is 2.24 bits per heavy atom. The molecule has 1 aliphatic heterocycles. The van der Waals surface area contributed by atoms with Gasteiger partial charge in [-0.2, -0.15) is 0 Å². The zero-order valence-corrected chi connectivity index (χ0v) is 12.4. The average molecular weight is 284 g/mol. The molecule has 1 amide bonds. The van der Waals surface area contributed by atoms with E-state index in [9.17, 15) is 4.79 Å². The number of carbonyl (C=O) groups is 1. The highest BCUT2D eigenvalue weighted by atomic mass is 16.2. The fourth-order valence-corrected chi connectivity index (χ4v) is 2.71. The first kappa shape index (κ1) is 13.7. The van der Waals surface area contributed by atoms with Gasteiger partial charge in [-0.15, -0.1) is 0 Å². The van der Waals surface area contributed by atoms with Crippen molar-refractivity contribution < 1.29 is 4.79 Å². The van der Waals surface area contributed by atoms with E-state index >= 15 is 0 Å². The van der Waals surface area contributed by atoms with Crippen LogP contribution in [-0.2, 0) is 12.8 Å². The number of aromatic nitrogens is 2. The molecule has 1 aromatic heterocycles. The summed E-state index contributed by atoms with van der Waals surface area (Å²) in [5.41, 5.74) is 3.54. The second-order valence-corrected chi connectivity index (χ2v) is 5.69. The van der Waals surface area contributed by atoms with Gasteiger partial charge in [0.1, 0.15) is 6.33 Å². The van der Waals surface area contributed by atoms with E-state index in [0.29, 0.717) is 6.04 Å². The molecule has 0 radical (unpaired) electrons. The van der Waals surface area contributed by atoms with Crippen LogP contribution in [0.15, 0.2) is 36.8 Å². The summed E-state index contributed by atoms with van der Waals surface area (Å²) in [6.45, 7) is 0. The topological polar surface area (TPSA) is 50.2 Å². The number of amides is 1. The van der Waals surface area contributed by atoms with Crippen molar-refractivity contribution in [1.29, 1.82) is 0 Å². The molecule has 21 heavy (non-hydrogen) atoms. The molecule has 0 saturated heterocycles. The number of fused-ring (bicyclic) bond motifs is 1. The normalized spacial score (nSPS) is 17.0. The van der Waals surface area contributed by atoms with Gasteiger partial charge >= 0.3 is 6.03 Å². The third-order valence-corrected chi connectivity index (χ3v) is 3.83. The smallest absolute Gasteiger partial charge is 0.328 e. The van der Waals surface area contributed by atoms with Crippen LogP contribution < -0.4 is 5.32 Å². The number of para-hydroxylation sites is 1. The molecule has 0 fully saturated rings. The highest BCUT2D eigenvalue weighted by Gasteiger charge is 2.19. The molecule has 2 heterocycles. The van der Waals surface area contributed by atoms with Crippen molar-refractivity contribution in [2.24, 2.45) is 0 Å². The van der Waals surface area contributed by atoms with Gasteiger partial charge in [-0.25, -0.2) is 9.78 Å². The molecule has 5 heteroatoms. The maximum Gasteiger partial charge on any atom is 0.328 e. The van der Waals surface area contributed by atoms with Gasteiger partial charge in [-0.1, -0.05) is 18.2 Å². The number of carbonyl (C=O) groups excluding carboxylic acids is 1. The van der Waals surface area contributed by atoms with Gasteiger partial charge in [0.2, 0.25) is 0 Å². The molecule has 1 N–H and O–H groups in total. The molecule has 1 atom stereocenters. The predicted molar refractivity (Wildman–Crippen MR) is 82.6 cm³/mol. The molecular weight excluding hydrogens is 264 g/mol. The minimum atomic E-state index is -0.0734. The first-order chi connectivity index (χ1) is 10.1. The van der Waals surface area contributed by atoms with Crippen molar-refractivity contribution in [2.75, 3.05) is 19.4 Å². The maximum absolute atomic E-state index is 11.8. The van der Waals surface area contributed by atoms with Crippen LogP contribution >= 0.6 is 0 Å². The van der Waals surface area contributed by atoms with Crippen LogP contribution in [0.3, 0.4) is 0 Å². The summed E-state index contributed by atoms with van der Waals surface area (Å²) in [6.07, 6.45) is 6.43. The van der Waals surface area contributed by atoms with Gasteiger partial charge in [-0.3, -0.25) is 4.57 Å². The van der Waals surface area contributed by atoms with E-state index in [1.165, 1.54) is 15.8 Å². The van der Waals surface area contributed by atoms with E-state index in [2.05, 4.69) is 34.6 Å². The summed E-state index contributed by atoms with van der Waals surface area (Å²) < 4.78 is 1.53. The lowest BCUT2D eigenvalue weighted by molar-refractivity contribution is 0.219. The Balaban J connectivity index is 1.67. The SMILES string of the molecule is CN(C)C(=O)n1cnc(CC2CCc3ccccc3N2)c1. The fraction of sp³-hybridized carbons (Fsp3) is 0.375. The van der Waals surface area contributed by atoms with Crippen molar-refractivity contribution >= 4 is 11.7 Å². The summed E-state index contributed by atoms with van der Waals surface area (Å²) in [5.74, 6) is 0. The molecule has 0 aliphatic carbocycles. The van der Waals surface area contributed by atoms with Crippen LogP contribution in [0, 0.1) is 0 Å². The van der Waals surface area contributed by atoms with E-state index in [0.717, 1.165) is 25.0 Å². The molecule has 0 spiro atoms. The predicted octanol–water partition coefficient (Wildman–Crippen LogP) is 2.38. The van der Waals surface area contributed by atoms with Crippen molar-refractivity contribution in [3.63, 3.8) is 0 Å². The van der Waals surface area contributed by atoms with Crippen LogP contribution in [0.2, 0.25) is 0 Å². The lowest BCUT2D eigenvalue weighted by Crippen LogP contribution is -2.28. The van der Waals surface area contributed by atoms with Crippen LogP contribution in [0.5, 0.6) is 0 Å². The monoisotopic (exact) mass is 284 g/mol. The zero-order valence-electron chi connectivity index (χ0n) is 12.4. The molecule has 2 aromatic rings. The van der Waals surface area contributed by atoms with Crippen molar-refractivity contribution in [3.05, 3.63) is 48.0 Å². The second kappa shape index (κ2) is 5.60. The van der Waals surface area contributed by atoms with Crippen LogP contribution in [0.4, 0.5) is 10.5 Å². The molecule has 0 saturated carbocycles. The Kier molecular flexibility index (Phi) is 3.64. The Bertz CT molecular complexity index is 647. The molecule has 1 aliphatic rings. The van der Waals surface area contributed by atoms with E-state index in [1.54, 1.807) is 25.3 Å². The second-order valence-electron chi connectivity index (χ2n) is 5.69. The first-order valence-electron chi connectivity index (χ1n) is 7.22. The average Bonchev–Trinajstić information content (AvgIpc) is 2.94. The molecule has 3 rings (SSSR count). The number of nitrogens with one attached hydrogen (secondary N) is 1. The lowest BCUT2D eigenvalue weighted by atomic mass is 9.95. The van der Waals surface area contributed by atoms with E-state index in [-0.39, 0.29) is 6.03 Å². The quantitative estimate of drug-likeness (QED) is 0.921. The highest BCUT2D eigenvalue weighted by Crippen LogP contribution is 2.25. The largest absolute Gasteiger partial charge is 0.382 e. The summed E-state index contributed by atoms with van der Waals surface area (Å²) in [4.78, 5) is 17.7. The first-order valence-corrected chi connectivity index (χ1v) is 7.22. The summed E-state index contributed by atoms with van der Waals surface area (Å²) in [5, 5.41) is 3.56. The number of imidazole rings is 1. The van der Waals surface area contributed by atoms with Crippen molar-refractivity contribution in [2.45, 2.75) is 25.3 Å². The van der Waals surface area contributed by atoms with E-state index in [1.807, 2.05) is 6.20 Å². The minimum Gasteiger partial charge on any atom is -0.382 e. The molecule has 1 unspecified atom stereocenters. The number of anilines is 1. The van der Waals surface area contributed by atoms with Crippen molar-refractivity contribution in [3.8, 4) is 0 Å². The van der Waals surface area contributed by atoms with E-state index in [4.69, 9.17) is 0 Å². The third kappa shape index (κ3) is 2.91. The standard InChI is InChI=1S/C16H20N4O/c1-19(2)16(21)20-10-14(17-11-20)9-13-8-7-12-5-3-4-6-15(12)18-13/h3-6,10-11,13,18H,7-9H2,1-2H3. The number of benzene rings is 1. The number of rotatable bonds is 2. The highest BCUT2D eigenvalue weighted by molar-refractivity contribution is 5.76. The Morgan fingerprint density at radius 1 is 1.43 bits per heavy atom. The summed E-state index contributed by atoms with van der Waals surface area (Å²) in [7, 11) is 3.48. The minimum absolute atomic E-state index is 0.0734. The molecule has 5 nitrogen and oxygen atoms in total. The Hall–Kier alpha value is -2.30. The molecule has 1 aromatic carbocycles. The zero-order chi connectivity index (χ0) is 14.8. The van der Waals surface area contributed by atoms with Gasteiger partial charge in [0.05, 0.1) is 5.69 Å². The van der Waals surface area contributed by atoms with Crippen LogP contribution in [0.25, 0.3) is 0 Å². The summed E-state index contributed by atoms with van der Waals surface area (Å²) in [6, 6.07) is 8.72. The van der Waals surface area contributed by atoms with Gasteiger partial charge in [-0.05, 0) is 24.5 Å². The van der Waals surface area contributed by atoms with Gasteiger partial charge in [0.15, 0.2) is 0 Å². The van der Waals surface area contributed by atoms with Gasteiger partial charge < -0.3 is 10.2 Å². The molecular formula is C16H20N4O. The number of hydrogen-bond acceptors (Lipinski definition) is 3. The van der Waals surface area contributed by atoms with Gasteiger partial charge in [0, 0.05) is 38.4 Å². The number of nitrogens with zero attached hydrogens (tertiary/aromatic N) is 3. The number of hydrogen-bond donors (Lipinski definition) is 1. The Morgan fingerprint density at radius 3 is 3.05 bits per heavy atom. The third-order valence-electron chi connectivity index (χ3n) is 3.83. The van der Waals surface area contributed by atoms with Crippen LogP contribution in [-0.4, -0.2) is 40.6 Å². The summed E-state index contributed by atoms with van der Waals surface area (Å²) >= 11 is 0. The number of aryl methyl sites for hydroxylation is 1. The van der Waals surface area contributed by atoms with Crippen LogP contribution in [0.1, 0.15) is 17.7 Å². The fourth-order valence-electron chi connectivity index (χ4n) is 2.71.